The highest BCUT2D eigenvalue weighted by Gasteiger charge is 2.26. The summed E-state index contributed by atoms with van der Waals surface area (Å²) in [4.78, 5) is 17.3. The Morgan fingerprint density at radius 1 is 1.36 bits per heavy atom. The van der Waals surface area contributed by atoms with Crippen molar-refractivity contribution in [2.24, 2.45) is 16.8 Å². The largest absolute Gasteiger partial charge is 0.384 e. The van der Waals surface area contributed by atoms with E-state index in [2.05, 4.69) is 17.2 Å². The Balaban J connectivity index is 2.15. The average molecular weight is 401 g/mol. The summed E-state index contributed by atoms with van der Waals surface area (Å²) in [5, 5.41) is 14.5. The predicted octanol–water partition coefficient (Wildman–Crippen LogP) is 4.45. The van der Waals surface area contributed by atoms with Crippen LogP contribution >= 0.6 is 11.6 Å². The Morgan fingerprint density at radius 3 is 2.57 bits per heavy atom. The third kappa shape index (κ3) is 6.06. The fraction of sp³-hybridized carbons (Fsp3) is 0.409. The van der Waals surface area contributed by atoms with Gasteiger partial charge >= 0.3 is 0 Å². The number of carbonyl (C=O) groups is 1. The number of hydrogen-bond donors (Lipinski definition) is 3. The first-order valence-corrected chi connectivity index (χ1v) is 9.92. The summed E-state index contributed by atoms with van der Waals surface area (Å²) in [5.74, 6) is 0.169. The minimum Gasteiger partial charge on any atom is -0.384 e. The van der Waals surface area contributed by atoms with Crippen LogP contribution in [0.5, 0.6) is 0 Å². The molecule has 5 nitrogen and oxygen atoms in total. The molecule has 1 aromatic rings. The topological polar surface area (TPSA) is 77.3 Å². The van der Waals surface area contributed by atoms with Gasteiger partial charge in [-0.15, -0.1) is 0 Å². The van der Waals surface area contributed by atoms with Gasteiger partial charge < -0.3 is 16.0 Å². The Hall–Kier alpha value is -2.40. The summed E-state index contributed by atoms with van der Waals surface area (Å²) in [5.41, 5.74) is 3.16. The van der Waals surface area contributed by atoms with Gasteiger partial charge in [-0.25, -0.2) is 0 Å². The molecular formula is C22H29ClN4O. The van der Waals surface area contributed by atoms with E-state index in [1.807, 2.05) is 39.0 Å². The zero-order valence-electron chi connectivity index (χ0n) is 17.0. The highest BCUT2D eigenvalue weighted by molar-refractivity contribution is 6.30. The lowest BCUT2D eigenvalue weighted by Crippen LogP contribution is -2.43. The summed E-state index contributed by atoms with van der Waals surface area (Å²) >= 11 is 6.06. The van der Waals surface area contributed by atoms with Crippen molar-refractivity contribution in [3.63, 3.8) is 0 Å². The van der Waals surface area contributed by atoms with Crippen LogP contribution in [0.2, 0.25) is 5.02 Å². The van der Waals surface area contributed by atoms with Gasteiger partial charge in [0.1, 0.15) is 5.70 Å². The molecule has 0 heterocycles. The van der Waals surface area contributed by atoms with Gasteiger partial charge in [0.05, 0.1) is 11.7 Å². The molecule has 1 atom stereocenters. The molecule has 6 heteroatoms. The van der Waals surface area contributed by atoms with Gasteiger partial charge in [0.25, 0.3) is 5.91 Å². The lowest BCUT2D eigenvalue weighted by Gasteiger charge is -2.21. The van der Waals surface area contributed by atoms with Gasteiger partial charge in [-0.2, -0.15) is 0 Å². The molecule has 0 bridgehead atoms. The lowest BCUT2D eigenvalue weighted by molar-refractivity contribution is -0.118. The molecule has 1 saturated carbocycles. The number of benzene rings is 1. The molecule has 1 unspecified atom stereocenters. The maximum Gasteiger partial charge on any atom is 0.267 e. The van der Waals surface area contributed by atoms with Gasteiger partial charge in [0, 0.05) is 35.0 Å². The summed E-state index contributed by atoms with van der Waals surface area (Å²) in [6.45, 7) is 10.0. The molecule has 1 aromatic carbocycles. The van der Waals surface area contributed by atoms with E-state index in [4.69, 9.17) is 22.0 Å². The number of allylic oxidation sites excluding steroid dienone is 1. The predicted molar refractivity (Wildman–Crippen MR) is 118 cm³/mol. The quantitative estimate of drug-likeness (QED) is 0.423. The first kappa shape index (κ1) is 21.9. The monoisotopic (exact) mass is 400 g/mol. The van der Waals surface area contributed by atoms with Crippen LogP contribution in [0.25, 0.3) is 5.70 Å². The van der Waals surface area contributed by atoms with E-state index in [0.717, 1.165) is 24.1 Å². The van der Waals surface area contributed by atoms with Crippen LogP contribution in [0.15, 0.2) is 47.6 Å². The zero-order valence-corrected chi connectivity index (χ0v) is 17.7. The Bertz CT molecular complexity index is 822. The van der Waals surface area contributed by atoms with E-state index in [1.165, 1.54) is 0 Å². The number of nitrogens with zero attached hydrogens (tertiary/aromatic N) is 1. The molecule has 0 saturated heterocycles. The van der Waals surface area contributed by atoms with E-state index in [-0.39, 0.29) is 17.9 Å². The van der Waals surface area contributed by atoms with Crippen LogP contribution in [0.1, 0.15) is 39.2 Å². The normalized spacial score (nSPS) is 15.9. The maximum atomic E-state index is 12.7. The summed E-state index contributed by atoms with van der Waals surface area (Å²) in [7, 11) is 1.69. The number of aliphatic imine (C=N–C) groups is 1. The lowest BCUT2D eigenvalue weighted by atomic mass is 10.0. The number of rotatable bonds is 9. The minimum absolute atomic E-state index is 0.123. The third-order valence-corrected chi connectivity index (χ3v) is 4.87. The molecule has 150 valence electrons. The number of likely N-dealkylation sites (N-methyl/N-ethyl adjacent to an activating group) is 1. The van der Waals surface area contributed by atoms with E-state index < -0.39 is 0 Å². The molecular weight excluding hydrogens is 372 g/mol. The van der Waals surface area contributed by atoms with Crippen LogP contribution < -0.4 is 10.6 Å². The van der Waals surface area contributed by atoms with Gasteiger partial charge in [-0.3, -0.25) is 9.79 Å². The number of nitrogens with one attached hydrogen (secondary N) is 3. The van der Waals surface area contributed by atoms with E-state index in [0.29, 0.717) is 28.0 Å². The molecule has 3 N–H and O–H groups in total. The molecule has 1 fully saturated rings. The van der Waals surface area contributed by atoms with Gasteiger partial charge in [0.15, 0.2) is 0 Å². The van der Waals surface area contributed by atoms with Crippen molar-refractivity contribution in [2.75, 3.05) is 7.05 Å². The zero-order chi connectivity index (χ0) is 20.8. The number of hydrogen-bond acceptors (Lipinski definition) is 4. The smallest absolute Gasteiger partial charge is 0.267 e. The molecule has 0 radical (unpaired) electrons. The molecule has 2 rings (SSSR count). The fourth-order valence-corrected chi connectivity index (χ4v) is 3.07. The van der Waals surface area contributed by atoms with E-state index >= 15 is 0 Å². The summed E-state index contributed by atoms with van der Waals surface area (Å²) in [6.07, 6.45) is 3.68. The molecule has 1 aliphatic rings. The first-order chi connectivity index (χ1) is 13.2. The van der Waals surface area contributed by atoms with E-state index in [9.17, 15) is 4.79 Å². The maximum absolute atomic E-state index is 12.7. The summed E-state index contributed by atoms with van der Waals surface area (Å²) in [6, 6.07) is 7.11. The van der Waals surface area contributed by atoms with Gasteiger partial charge in [-0.05, 0) is 43.9 Å². The molecule has 28 heavy (non-hydrogen) atoms. The minimum atomic E-state index is -0.282. The van der Waals surface area contributed by atoms with Crippen molar-refractivity contribution < 1.29 is 4.79 Å². The Morgan fingerprint density at radius 2 is 2.04 bits per heavy atom. The standard InChI is InChI=1S/C22H29ClN4O/c1-13(2)21(26-14(3)17-7-6-8-18(23)11-17)15(4)27-22(28)20(25-5)12-19(24)16-9-10-16/h6-8,11-13,15-16,24-25H,3,9-10H2,1-2,4-5H3,(H,27,28)/b20-12-,24-19?,26-21+. The van der Waals surface area contributed by atoms with Crippen molar-refractivity contribution in [1.82, 2.24) is 10.6 Å². The second kappa shape index (κ2) is 9.69. The molecule has 1 amide bonds. The highest BCUT2D eigenvalue weighted by Crippen LogP contribution is 2.30. The van der Waals surface area contributed by atoms with Crippen molar-refractivity contribution in [3.05, 3.63) is 53.2 Å². The van der Waals surface area contributed by atoms with Crippen LogP contribution in [0, 0.1) is 17.2 Å². The van der Waals surface area contributed by atoms with Crippen molar-refractivity contribution in [1.29, 1.82) is 5.41 Å². The Labute approximate surface area is 172 Å². The molecule has 0 aromatic heterocycles. The second-order valence-electron chi connectivity index (χ2n) is 7.38. The number of halogens is 1. The van der Waals surface area contributed by atoms with Gasteiger partial charge in [0.2, 0.25) is 0 Å². The van der Waals surface area contributed by atoms with Crippen LogP contribution in [-0.4, -0.2) is 30.4 Å². The Kier molecular flexibility index (Phi) is 7.58. The first-order valence-electron chi connectivity index (χ1n) is 9.55. The number of carbonyl (C=O) groups excluding carboxylic acids is 1. The van der Waals surface area contributed by atoms with Crippen LogP contribution in [0.3, 0.4) is 0 Å². The highest BCUT2D eigenvalue weighted by atomic mass is 35.5. The van der Waals surface area contributed by atoms with Crippen molar-refractivity contribution in [2.45, 2.75) is 39.7 Å². The van der Waals surface area contributed by atoms with Crippen molar-refractivity contribution in [3.8, 4) is 0 Å². The molecule has 0 spiro atoms. The number of amides is 1. The molecule has 0 aliphatic heterocycles. The fourth-order valence-electron chi connectivity index (χ4n) is 2.88. The third-order valence-electron chi connectivity index (χ3n) is 4.64. The van der Waals surface area contributed by atoms with Gasteiger partial charge in [-0.1, -0.05) is 44.2 Å². The molecule has 1 aliphatic carbocycles. The average Bonchev–Trinajstić information content (AvgIpc) is 3.48. The van der Waals surface area contributed by atoms with Crippen molar-refractivity contribution >= 4 is 34.6 Å². The van der Waals surface area contributed by atoms with E-state index in [1.54, 1.807) is 19.2 Å². The SMILES string of the molecule is C=C(/N=C(\C(C)C)C(C)NC(=O)/C(=C/C(=N)C1CC1)NC)c1cccc(Cl)c1. The second-order valence-corrected chi connectivity index (χ2v) is 7.82. The summed E-state index contributed by atoms with van der Waals surface area (Å²) < 4.78 is 0. The van der Waals surface area contributed by atoms with Crippen LogP contribution in [0.4, 0.5) is 0 Å². The van der Waals surface area contributed by atoms with Crippen LogP contribution in [-0.2, 0) is 4.79 Å².